The molecule has 0 aliphatic rings. The van der Waals surface area contributed by atoms with Gasteiger partial charge in [0.15, 0.2) is 0 Å². The molecule has 94 valence electrons. The highest BCUT2D eigenvalue weighted by Crippen LogP contribution is 2.22. The van der Waals surface area contributed by atoms with E-state index in [0.29, 0.717) is 0 Å². The SMILES string of the molecule is CCNC(c1cc(C)ccn1)c1cnccc1C. The second kappa shape index (κ2) is 5.74. The van der Waals surface area contributed by atoms with E-state index in [1.807, 2.05) is 30.7 Å². The first-order valence-electron chi connectivity index (χ1n) is 6.28. The molecule has 1 atom stereocenters. The molecule has 0 spiro atoms. The molecule has 3 heteroatoms. The van der Waals surface area contributed by atoms with Crippen LogP contribution in [-0.2, 0) is 0 Å². The standard InChI is InChI=1S/C15H19N3/c1-4-17-15(13-10-16-7-6-12(13)3)14-9-11(2)5-8-18-14/h5-10,15,17H,4H2,1-3H3. The molecule has 0 saturated carbocycles. The first-order chi connectivity index (χ1) is 8.72. The van der Waals surface area contributed by atoms with Crippen molar-refractivity contribution in [2.45, 2.75) is 26.8 Å². The van der Waals surface area contributed by atoms with Crippen LogP contribution in [0, 0.1) is 13.8 Å². The third kappa shape index (κ3) is 2.74. The van der Waals surface area contributed by atoms with E-state index in [4.69, 9.17) is 0 Å². The van der Waals surface area contributed by atoms with Crippen molar-refractivity contribution in [1.82, 2.24) is 15.3 Å². The molecule has 0 aliphatic heterocycles. The Morgan fingerprint density at radius 1 is 1.22 bits per heavy atom. The largest absolute Gasteiger partial charge is 0.305 e. The number of nitrogens with zero attached hydrogens (tertiary/aromatic N) is 2. The second-order valence-electron chi connectivity index (χ2n) is 4.48. The molecule has 18 heavy (non-hydrogen) atoms. The van der Waals surface area contributed by atoms with Gasteiger partial charge < -0.3 is 5.32 Å². The van der Waals surface area contributed by atoms with Crippen LogP contribution in [0.5, 0.6) is 0 Å². The maximum absolute atomic E-state index is 4.49. The van der Waals surface area contributed by atoms with Gasteiger partial charge >= 0.3 is 0 Å². The van der Waals surface area contributed by atoms with Crippen molar-refractivity contribution >= 4 is 0 Å². The van der Waals surface area contributed by atoms with Gasteiger partial charge in [0.1, 0.15) is 0 Å². The molecular formula is C15H19N3. The van der Waals surface area contributed by atoms with Gasteiger partial charge in [0.25, 0.3) is 0 Å². The minimum absolute atomic E-state index is 0.114. The molecule has 0 fully saturated rings. The zero-order valence-electron chi connectivity index (χ0n) is 11.1. The van der Waals surface area contributed by atoms with Crippen LogP contribution < -0.4 is 5.32 Å². The lowest BCUT2D eigenvalue weighted by Crippen LogP contribution is -2.24. The molecule has 0 aliphatic carbocycles. The van der Waals surface area contributed by atoms with E-state index in [1.165, 1.54) is 16.7 Å². The Kier molecular flexibility index (Phi) is 4.05. The highest BCUT2D eigenvalue weighted by atomic mass is 14.9. The predicted molar refractivity (Wildman–Crippen MR) is 73.5 cm³/mol. The van der Waals surface area contributed by atoms with Crippen LogP contribution in [0.1, 0.15) is 35.3 Å². The first kappa shape index (κ1) is 12.7. The molecule has 0 saturated heterocycles. The van der Waals surface area contributed by atoms with Crippen molar-refractivity contribution in [3.63, 3.8) is 0 Å². The highest BCUT2D eigenvalue weighted by molar-refractivity contribution is 5.32. The monoisotopic (exact) mass is 241 g/mol. The van der Waals surface area contributed by atoms with Gasteiger partial charge in [-0.15, -0.1) is 0 Å². The normalized spacial score (nSPS) is 12.4. The van der Waals surface area contributed by atoms with E-state index in [9.17, 15) is 0 Å². The van der Waals surface area contributed by atoms with Crippen LogP contribution in [0.25, 0.3) is 0 Å². The average molecular weight is 241 g/mol. The van der Waals surface area contributed by atoms with Gasteiger partial charge in [0.2, 0.25) is 0 Å². The summed E-state index contributed by atoms with van der Waals surface area (Å²) in [5.41, 5.74) is 4.70. The van der Waals surface area contributed by atoms with Crippen molar-refractivity contribution in [3.8, 4) is 0 Å². The smallest absolute Gasteiger partial charge is 0.0768 e. The summed E-state index contributed by atoms with van der Waals surface area (Å²) in [6.45, 7) is 7.20. The zero-order chi connectivity index (χ0) is 13.0. The second-order valence-corrected chi connectivity index (χ2v) is 4.48. The summed E-state index contributed by atoms with van der Waals surface area (Å²) >= 11 is 0. The summed E-state index contributed by atoms with van der Waals surface area (Å²) in [5, 5.41) is 3.48. The first-order valence-corrected chi connectivity index (χ1v) is 6.28. The summed E-state index contributed by atoms with van der Waals surface area (Å²) < 4.78 is 0. The predicted octanol–water partition coefficient (Wildman–Crippen LogP) is 2.79. The lowest BCUT2D eigenvalue weighted by Gasteiger charge is -2.19. The van der Waals surface area contributed by atoms with E-state index in [1.54, 1.807) is 0 Å². The number of aromatic nitrogens is 2. The molecule has 0 bridgehead atoms. The summed E-state index contributed by atoms with van der Waals surface area (Å²) in [7, 11) is 0. The fraction of sp³-hybridized carbons (Fsp3) is 0.333. The Morgan fingerprint density at radius 2 is 2.06 bits per heavy atom. The Balaban J connectivity index is 2.43. The molecule has 2 rings (SSSR count). The summed E-state index contributed by atoms with van der Waals surface area (Å²) in [6, 6.07) is 6.29. The Bertz CT molecular complexity index is 523. The molecule has 0 radical (unpaired) electrons. The third-order valence-electron chi connectivity index (χ3n) is 3.03. The molecule has 2 aromatic rings. The van der Waals surface area contributed by atoms with Crippen molar-refractivity contribution in [3.05, 3.63) is 59.2 Å². The third-order valence-corrected chi connectivity index (χ3v) is 3.03. The van der Waals surface area contributed by atoms with Crippen LogP contribution in [-0.4, -0.2) is 16.5 Å². The van der Waals surface area contributed by atoms with E-state index in [0.717, 1.165) is 12.2 Å². The van der Waals surface area contributed by atoms with Crippen LogP contribution >= 0.6 is 0 Å². The summed E-state index contributed by atoms with van der Waals surface area (Å²) in [6.07, 6.45) is 5.61. The molecule has 2 heterocycles. The molecule has 0 aromatic carbocycles. The lowest BCUT2D eigenvalue weighted by atomic mass is 10.00. The number of hydrogen-bond acceptors (Lipinski definition) is 3. The van der Waals surface area contributed by atoms with Gasteiger partial charge in [-0.1, -0.05) is 6.92 Å². The molecular weight excluding hydrogens is 222 g/mol. The van der Waals surface area contributed by atoms with Crippen molar-refractivity contribution in [2.24, 2.45) is 0 Å². The van der Waals surface area contributed by atoms with Gasteiger partial charge in [0.05, 0.1) is 11.7 Å². The van der Waals surface area contributed by atoms with Gasteiger partial charge in [-0.2, -0.15) is 0 Å². The lowest BCUT2D eigenvalue weighted by molar-refractivity contribution is 0.610. The minimum atomic E-state index is 0.114. The zero-order valence-corrected chi connectivity index (χ0v) is 11.1. The van der Waals surface area contributed by atoms with Gasteiger partial charge in [0, 0.05) is 18.6 Å². The highest BCUT2D eigenvalue weighted by Gasteiger charge is 2.16. The molecule has 0 amide bonds. The van der Waals surface area contributed by atoms with E-state index < -0.39 is 0 Å². The van der Waals surface area contributed by atoms with Crippen LogP contribution in [0.3, 0.4) is 0 Å². The van der Waals surface area contributed by atoms with Gasteiger partial charge in [-0.3, -0.25) is 9.97 Å². The van der Waals surface area contributed by atoms with Crippen LogP contribution in [0.15, 0.2) is 36.8 Å². The van der Waals surface area contributed by atoms with Crippen LogP contribution in [0.4, 0.5) is 0 Å². The summed E-state index contributed by atoms with van der Waals surface area (Å²) in [5.74, 6) is 0. The Labute approximate surface area is 108 Å². The fourth-order valence-corrected chi connectivity index (χ4v) is 2.07. The topological polar surface area (TPSA) is 37.8 Å². The molecule has 1 unspecified atom stereocenters. The quantitative estimate of drug-likeness (QED) is 0.894. The fourth-order valence-electron chi connectivity index (χ4n) is 2.07. The van der Waals surface area contributed by atoms with Gasteiger partial charge in [-0.25, -0.2) is 0 Å². The van der Waals surface area contributed by atoms with Crippen molar-refractivity contribution < 1.29 is 0 Å². The number of hydrogen-bond donors (Lipinski definition) is 1. The maximum atomic E-state index is 4.49. The van der Waals surface area contributed by atoms with Crippen molar-refractivity contribution in [1.29, 1.82) is 0 Å². The Hall–Kier alpha value is -1.74. The average Bonchev–Trinajstić information content (AvgIpc) is 2.37. The summed E-state index contributed by atoms with van der Waals surface area (Å²) in [4.78, 5) is 8.71. The van der Waals surface area contributed by atoms with Gasteiger partial charge in [-0.05, 0) is 55.3 Å². The maximum Gasteiger partial charge on any atom is 0.0768 e. The number of rotatable bonds is 4. The van der Waals surface area contributed by atoms with Crippen molar-refractivity contribution in [2.75, 3.05) is 6.54 Å². The molecule has 3 nitrogen and oxygen atoms in total. The van der Waals surface area contributed by atoms with E-state index in [-0.39, 0.29) is 6.04 Å². The Morgan fingerprint density at radius 3 is 2.72 bits per heavy atom. The number of aryl methyl sites for hydroxylation is 2. The number of nitrogens with one attached hydrogen (secondary N) is 1. The van der Waals surface area contributed by atoms with Crippen LogP contribution in [0.2, 0.25) is 0 Å². The van der Waals surface area contributed by atoms with E-state index in [2.05, 4.69) is 42.1 Å². The van der Waals surface area contributed by atoms with E-state index >= 15 is 0 Å². The molecule has 1 N–H and O–H groups in total. The minimum Gasteiger partial charge on any atom is -0.305 e. The number of pyridine rings is 2. The molecule has 2 aromatic heterocycles.